The van der Waals surface area contributed by atoms with Crippen molar-refractivity contribution in [2.24, 2.45) is 0 Å². The Labute approximate surface area is 116 Å². The first kappa shape index (κ1) is 14.0. The van der Waals surface area contributed by atoms with Gasteiger partial charge in [0.2, 0.25) is 0 Å². The first-order chi connectivity index (χ1) is 9.52. The minimum Gasteiger partial charge on any atom is -0.481 e. The number of hydrogen-bond acceptors (Lipinski definition) is 3. The van der Waals surface area contributed by atoms with Crippen molar-refractivity contribution in [2.75, 3.05) is 6.54 Å². The maximum absolute atomic E-state index is 12.1. The molecule has 106 valence electrons. The number of nitrogens with one attached hydrogen (secondary N) is 1. The van der Waals surface area contributed by atoms with Crippen molar-refractivity contribution in [2.45, 2.75) is 25.8 Å². The van der Waals surface area contributed by atoms with Crippen molar-refractivity contribution in [3.8, 4) is 0 Å². The smallest absolute Gasteiger partial charge is 0.325 e. The van der Waals surface area contributed by atoms with E-state index in [1.54, 1.807) is 0 Å². The fourth-order valence-corrected chi connectivity index (χ4v) is 2.11. The lowest BCUT2D eigenvalue weighted by molar-refractivity contribution is -0.137. The summed E-state index contributed by atoms with van der Waals surface area (Å²) in [6.45, 7) is 1.93. The minimum atomic E-state index is -1.04. The van der Waals surface area contributed by atoms with Gasteiger partial charge in [0.25, 0.3) is 5.91 Å². The van der Waals surface area contributed by atoms with Crippen molar-refractivity contribution in [1.82, 2.24) is 10.2 Å². The Morgan fingerprint density at radius 3 is 2.50 bits per heavy atom. The van der Waals surface area contributed by atoms with Crippen molar-refractivity contribution in [1.29, 1.82) is 0 Å². The molecule has 0 aliphatic carbocycles. The van der Waals surface area contributed by atoms with Gasteiger partial charge in [0, 0.05) is 6.54 Å². The number of carbonyl (C=O) groups excluding carboxylic acids is 2. The second-order valence-corrected chi connectivity index (χ2v) is 4.61. The molecule has 1 atom stereocenters. The van der Waals surface area contributed by atoms with Gasteiger partial charge in [-0.2, -0.15) is 0 Å². The summed E-state index contributed by atoms with van der Waals surface area (Å²) in [4.78, 5) is 35.3. The van der Waals surface area contributed by atoms with E-state index in [2.05, 4.69) is 5.32 Å². The van der Waals surface area contributed by atoms with Crippen LogP contribution in [-0.2, 0) is 16.0 Å². The van der Waals surface area contributed by atoms with E-state index < -0.39 is 23.9 Å². The summed E-state index contributed by atoms with van der Waals surface area (Å²) < 4.78 is 0. The quantitative estimate of drug-likeness (QED) is 0.794. The number of carboxylic acid groups (broad SMARTS) is 1. The molecule has 3 amide bonds. The molecule has 1 aromatic carbocycles. The molecule has 0 aromatic heterocycles. The maximum atomic E-state index is 12.1. The Balaban J connectivity index is 2.12. The lowest BCUT2D eigenvalue weighted by Gasteiger charge is -2.11. The summed E-state index contributed by atoms with van der Waals surface area (Å²) in [7, 11) is 0. The molecule has 2 N–H and O–H groups in total. The van der Waals surface area contributed by atoms with E-state index in [0.29, 0.717) is 5.56 Å². The third-order valence-electron chi connectivity index (χ3n) is 3.30. The van der Waals surface area contributed by atoms with Gasteiger partial charge in [-0.05, 0) is 17.5 Å². The normalized spacial score (nSPS) is 18.2. The number of imide groups is 1. The number of carboxylic acids is 1. The fraction of sp³-hybridized carbons (Fsp3) is 0.357. The Bertz CT molecular complexity index is 539. The van der Waals surface area contributed by atoms with Gasteiger partial charge < -0.3 is 10.4 Å². The number of hydrogen-bond donors (Lipinski definition) is 2. The van der Waals surface area contributed by atoms with Gasteiger partial charge in [-0.15, -0.1) is 0 Å². The summed E-state index contributed by atoms with van der Waals surface area (Å²) in [5, 5.41) is 11.2. The number of urea groups is 1. The molecule has 1 aliphatic heterocycles. The predicted molar refractivity (Wildman–Crippen MR) is 71.1 cm³/mol. The molecule has 1 aromatic rings. The second kappa shape index (κ2) is 5.73. The van der Waals surface area contributed by atoms with Crippen LogP contribution in [0.25, 0.3) is 0 Å². The summed E-state index contributed by atoms with van der Waals surface area (Å²) in [6.07, 6.45) is 0.649. The zero-order chi connectivity index (χ0) is 14.7. The summed E-state index contributed by atoms with van der Waals surface area (Å²) in [6, 6.07) is 6.18. The van der Waals surface area contributed by atoms with Crippen LogP contribution >= 0.6 is 0 Å². The van der Waals surface area contributed by atoms with E-state index in [1.807, 2.05) is 31.2 Å². The zero-order valence-electron chi connectivity index (χ0n) is 11.1. The molecule has 1 heterocycles. The maximum Gasteiger partial charge on any atom is 0.325 e. The number of aliphatic carboxylic acids is 1. The van der Waals surface area contributed by atoms with Gasteiger partial charge in [0.15, 0.2) is 0 Å². The number of carbonyl (C=O) groups is 3. The first-order valence-corrected chi connectivity index (χ1v) is 6.45. The molecule has 0 saturated carbocycles. The molecule has 0 bridgehead atoms. The third-order valence-corrected chi connectivity index (χ3v) is 3.30. The molecule has 6 heteroatoms. The van der Waals surface area contributed by atoms with Crippen molar-refractivity contribution >= 4 is 17.9 Å². The molecule has 20 heavy (non-hydrogen) atoms. The Hall–Kier alpha value is -2.37. The molecule has 0 spiro atoms. The van der Waals surface area contributed by atoms with Gasteiger partial charge in [-0.1, -0.05) is 31.2 Å². The molecule has 1 saturated heterocycles. The molecule has 0 radical (unpaired) electrons. The lowest BCUT2D eigenvalue weighted by atomic mass is 10.0. The first-order valence-electron chi connectivity index (χ1n) is 6.45. The standard InChI is InChI=1S/C14H16N2O4/c1-2-9-3-5-10(6-4-9)12-13(19)16(14(20)15-12)8-7-11(17)18/h3-6,12H,2,7-8H2,1H3,(H,15,20)(H,17,18). The highest BCUT2D eigenvalue weighted by molar-refractivity contribution is 6.04. The van der Waals surface area contributed by atoms with Crippen LogP contribution in [0.2, 0.25) is 0 Å². The fourth-order valence-electron chi connectivity index (χ4n) is 2.11. The van der Waals surface area contributed by atoms with Crippen LogP contribution in [-0.4, -0.2) is 34.5 Å². The Kier molecular flexibility index (Phi) is 4.02. The van der Waals surface area contributed by atoms with Crippen LogP contribution in [0, 0.1) is 0 Å². The van der Waals surface area contributed by atoms with Gasteiger partial charge in [0.05, 0.1) is 6.42 Å². The van der Waals surface area contributed by atoms with Crippen molar-refractivity contribution in [3.63, 3.8) is 0 Å². The van der Waals surface area contributed by atoms with E-state index in [9.17, 15) is 14.4 Å². The van der Waals surface area contributed by atoms with Gasteiger partial charge in [-0.3, -0.25) is 14.5 Å². The Morgan fingerprint density at radius 1 is 1.30 bits per heavy atom. The Morgan fingerprint density at radius 2 is 1.95 bits per heavy atom. The van der Waals surface area contributed by atoms with Gasteiger partial charge in [0.1, 0.15) is 6.04 Å². The largest absolute Gasteiger partial charge is 0.481 e. The highest BCUT2D eigenvalue weighted by Gasteiger charge is 2.38. The van der Waals surface area contributed by atoms with E-state index in [0.717, 1.165) is 16.9 Å². The molecule has 1 fully saturated rings. The van der Waals surface area contributed by atoms with Crippen LogP contribution in [0.1, 0.15) is 30.5 Å². The highest BCUT2D eigenvalue weighted by Crippen LogP contribution is 2.22. The predicted octanol–water partition coefficient (Wildman–Crippen LogP) is 1.32. The number of benzene rings is 1. The number of nitrogens with zero attached hydrogens (tertiary/aromatic N) is 1. The second-order valence-electron chi connectivity index (χ2n) is 4.61. The number of amides is 3. The topological polar surface area (TPSA) is 86.7 Å². The van der Waals surface area contributed by atoms with Crippen LogP contribution in [0.5, 0.6) is 0 Å². The van der Waals surface area contributed by atoms with Crippen LogP contribution in [0.3, 0.4) is 0 Å². The van der Waals surface area contributed by atoms with Crippen LogP contribution < -0.4 is 5.32 Å². The number of aryl methyl sites for hydroxylation is 1. The third kappa shape index (κ3) is 2.79. The van der Waals surface area contributed by atoms with Crippen molar-refractivity contribution in [3.05, 3.63) is 35.4 Å². The summed E-state index contributed by atoms with van der Waals surface area (Å²) in [5.41, 5.74) is 1.85. The van der Waals surface area contributed by atoms with E-state index in [1.165, 1.54) is 0 Å². The molecule has 2 rings (SSSR count). The summed E-state index contributed by atoms with van der Waals surface area (Å²) >= 11 is 0. The van der Waals surface area contributed by atoms with E-state index in [4.69, 9.17) is 5.11 Å². The van der Waals surface area contributed by atoms with E-state index >= 15 is 0 Å². The molecule has 1 unspecified atom stereocenters. The summed E-state index contributed by atoms with van der Waals surface area (Å²) in [5.74, 6) is -1.44. The van der Waals surface area contributed by atoms with Crippen LogP contribution in [0.4, 0.5) is 4.79 Å². The average molecular weight is 276 g/mol. The average Bonchev–Trinajstić information content (AvgIpc) is 2.72. The van der Waals surface area contributed by atoms with E-state index in [-0.39, 0.29) is 13.0 Å². The number of rotatable bonds is 5. The molecule has 1 aliphatic rings. The highest BCUT2D eigenvalue weighted by atomic mass is 16.4. The molecular formula is C14H16N2O4. The van der Waals surface area contributed by atoms with Gasteiger partial charge >= 0.3 is 12.0 Å². The van der Waals surface area contributed by atoms with Gasteiger partial charge in [-0.25, -0.2) is 4.79 Å². The lowest BCUT2D eigenvalue weighted by Crippen LogP contribution is -2.32. The SMILES string of the molecule is CCc1ccc(C2NC(=O)N(CCC(=O)O)C2=O)cc1. The minimum absolute atomic E-state index is 0.108. The van der Waals surface area contributed by atoms with Crippen LogP contribution in [0.15, 0.2) is 24.3 Å². The molecular weight excluding hydrogens is 260 g/mol. The zero-order valence-corrected chi connectivity index (χ0v) is 11.1. The molecule has 6 nitrogen and oxygen atoms in total. The van der Waals surface area contributed by atoms with Crippen molar-refractivity contribution < 1.29 is 19.5 Å². The monoisotopic (exact) mass is 276 g/mol.